The van der Waals surface area contributed by atoms with E-state index in [0.717, 1.165) is 17.0 Å². The van der Waals surface area contributed by atoms with E-state index >= 15 is 0 Å². The largest absolute Gasteiger partial charge is 0.497 e. The van der Waals surface area contributed by atoms with E-state index in [9.17, 15) is 4.79 Å². The molecule has 1 aromatic heterocycles. The van der Waals surface area contributed by atoms with E-state index in [1.807, 2.05) is 48.5 Å². The number of anilines is 1. The summed E-state index contributed by atoms with van der Waals surface area (Å²) in [4.78, 5) is 12.2. The molecule has 1 amide bonds. The van der Waals surface area contributed by atoms with Gasteiger partial charge in [-0.05, 0) is 36.4 Å². The summed E-state index contributed by atoms with van der Waals surface area (Å²) >= 11 is 1.32. The van der Waals surface area contributed by atoms with Crippen LogP contribution in [0.4, 0.5) is 5.69 Å². The van der Waals surface area contributed by atoms with Crippen LogP contribution in [0.3, 0.4) is 0 Å². The number of nitrogens with zero attached hydrogens (tertiary/aromatic N) is 2. The molecule has 1 heterocycles. The summed E-state index contributed by atoms with van der Waals surface area (Å²) in [6.07, 6.45) is 0. The van der Waals surface area contributed by atoms with Gasteiger partial charge in [-0.1, -0.05) is 36.0 Å². The lowest BCUT2D eigenvalue weighted by molar-refractivity contribution is -0.113. The van der Waals surface area contributed by atoms with Crippen LogP contribution in [-0.2, 0) is 4.79 Å². The van der Waals surface area contributed by atoms with Crippen LogP contribution in [0, 0.1) is 0 Å². The minimum atomic E-state index is -0.136. The molecule has 6 nitrogen and oxygen atoms in total. The quantitative estimate of drug-likeness (QED) is 0.626. The molecule has 0 radical (unpaired) electrons. The minimum Gasteiger partial charge on any atom is -0.497 e. The van der Waals surface area contributed by atoms with Gasteiger partial charge in [0.1, 0.15) is 16.5 Å². The van der Waals surface area contributed by atoms with Crippen LogP contribution in [0.15, 0.2) is 65.7 Å². The summed E-state index contributed by atoms with van der Waals surface area (Å²) in [6, 6.07) is 18.6. The van der Waals surface area contributed by atoms with E-state index in [4.69, 9.17) is 9.47 Å². The third kappa shape index (κ3) is 4.98. The van der Waals surface area contributed by atoms with Crippen molar-refractivity contribution in [2.24, 2.45) is 0 Å². The predicted molar refractivity (Wildman–Crippen MR) is 106 cm³/mol. The highest BCUT2D eigenvalue weighted by atomic mass is 32.2. The van der Waals surface area contributed by atoms with Crippen molar-refractivity contribution in [2.45, 2.75) is 5.03 Å². The number of ether oxygens (including phenoxy) is 2. The van der Waals surface area contributed by atoms with Crippen LogP contribution in [0.1, 0.15) is 0 Å². The van der Waals surface area contributed by atoms with Crippen LogP contribution in [-0.4, -0.2) is 36.1 Å². The lowest BCUT2D eigenvalue weighted by Crippen LogP contribution is -2.14. The highest BCUT2D eigenvalue weighted by molar-refractivity contribution is 7.99. The Labute approximate surface area is 161 Å². The minimum absolute atomic E-state index is 0.136. The Morgan fingerprint density at radius 2 is 1.85 bits per heavy atom. The van der Waals surface area contributed by atoms with Crippen molar-refractivity contribution in [3.05, 3.63) is 60.7 Å². The van der Waals surface area contributed by atoms with Gasteiger partial charge in [0.25, 0.3) is 0 Å². The fourth-order valence-electron chi connectivity index (χ4n) is 2.41. The normalized spacial score (nSPS) is 10.3. The monoisotopic (exact) mass is 381 g/mol. The van der Waals surface area contributed by atoms with Crippen molar-refractivity contribution in [1.82, 2.24) is 10.2 Å². The van der Waals surface area contributed by atoms with Gasteiger partial charge in [-0.3, -0.25) is 4.79 Å². The molecule has 3 aromatic rings. The first kappa shape index (κ1) is 18.7. The second kappa shape index (κ2) is 9.05. The van der Waals surface area contributed by atoms with Gasteiger partial charge in [-0.15, -0.1) is 10.2 Å². The number of thioether (sulfide) groups is 1. The third-order valence-corrected chi connectivity index (χ3v) is 4.66. The van der Waals surface area contributed by atoms with Gasteiger partial charge < -0.3 is 14.8 Å². The van der Waals surface area contributed by atoms with Crippen molar-refractivity contribution in [3.63, 3.8) is 0 Å². The number of aromatic nitrogens is 2. The summed E-state index contributed by atoms with van der Waals surface area (Å²) in [5.74, 6) is 1.48. The SMILES string of the molecule is COc1cccc(-c2ccc(SCC(=O)Nc3ccccc3OC)nn2)c1. The average molecular weight is 381 g/mol. The Morgan fingerprint density at radius 3 is 2.59 bits per heavy atom. The zero-order valence-corrected chi connectivity index (χ0v) is 15.8. The van der Waals surface area contributed by atoms with Crippen molar-refractivity contribution in [1.29, 1.82) is 0 Å². The average Bonchev–Trinajstić information content (AvgIpc) is 2.73. The smallest absolute Gasteiger partial charge is 0.234 e. The number of methoxy groups -OCH3 is 2. The number of carbonyl (C=O) groups excluding carboxylic acids is 1. The molecule has 0 aliphatic rings. The molecular weight excluding hydrogens is 362 g/mol. The number of benzene rings is 2. The first-order chi connectivity index (χ1) is 13.2. The fraction of sp³-hybridized carbons (Fsp3) is 0.150. The number of para-hydroxylation sites is 2. The second-order valence-corrected chi connectivity index (χ2v) is 6.52. The van der Waals surface area contributed by atoms with Crippen LogP contribution in [0.2, 0.25) is 0 Å². The Morgan fingerprint density at radius 1 is 1.00 bits per heavy atom. The molecule has 7 heteroatoms. The van der Waals surface area contributed by atoms with E-state index < -0.39 is 0 Å². The van der Waals surface area contributed by atoms with E-state index in [2.05, 4.69) is 15.5 Å². The maximum atomic E-state index is 12.2. The molecule has 2 aromatic carbocycles. The highest BCUT2D eigenvalue weighted by Crippen LogP contribution is 2.25. The summed E-state index contributed by atoms with van der Waals surface area (Å²) in [5, 5.41) is 11.9. The number of rotatable bonds is 7. The van der Waals surface area contributed by atoms with Gasteiger partial charge in [-0.25, -0.2) is 0 Å². The lowest BCUT2D eigenvalue weighted by Gasteiger charge is -2.09. The second-order valence-electron chi connectivity index (χ2n) is 5.53. The topological polar surface area (TPSA) is 73.3 Å². The van der Waals surface area contributed by atoms with E-state index in [1.165, 1.54) is 11.8 Å². The van der Waals surface area contributed by atoms with E-state index in [1.54, 1.807) is 26.4 Å². The Kier molecular flexibility index (Phi) is 6.27. The summed E-state index contributed by atoms with van der Waals surface area (Å²) in [5.41, 5.74) is 2.31. The van der Waals surface area contributed by atoms with Crippen molar-refractivity contribution in [2.75, 3.05) is 25.3 Å². The Hall–Kier alpha value is -3.06. The van der Waals surface area contributed by atoms with Gasteiger partial charge in [-0.2, -0.15) is 0 Å². The van der Waals surface area contributed by atoms with Crippen LogP contribution >= 0.6 is 11.8 Å². The molecule has 0 unspecified atom stereocenters. The van der Waals surface area contributed by atoms with Gasteiger partial charge in [0, 0.05) is 5.56 Å². The van der Waals surface area contributed by atoms with Gasteiger partial charge >= 0.3 is 0 Å². The maximum Gasteiger partial charge on any atom is 0.234 e. The van der Waals surface area contributed by atoms with Gasteiger partial charge in [0.2, 0.25) is 5.91 Å². The molecule has 27 heavy (non-hydrogen) atoms. The Balaban J connectivity index is 1.59. The molecule has 1 N–H and O–H groups in total. The number of hydrogen-bond donors (Lipinski definition) is 1. The molecule has 0 atom stereocenters. The van der Waals surface area contributed by atoms with E-state index in [0.29, 0.717) is 16.5 Å². The molecule has 0 fully saturated rings. The zero-order valence-electron chi connectivity index (χ0n) is 15.0. The molecule has 0 spiro atoms. The highest BCUT2D eigenvalue weighted by Gasteiger charge is 2.09. The van der Waals surface area contributed by atoms with Crippen LogP contribution < -0.4 is 14.8 Å². The third-order valence-electron chi connectivity index (χ3n) is 3.74. The van der Waals surface area contributed by atoms with Crippen LogP contribution in [0.25, 0.3) is 11.3 Å². The molecular formula is C20H19N3O3S. The number of nitrogens with one attached hydrogen (secondary N) is 1. The Bertz CT molecular complexity index is 916. The van der Waals surface area contributed by atoms with Crippen molar-refractivity contribution >= 4 is 23.4 Å². The summed E-state index contributed by atoms with van der Waals surface area (Å²) < 4.78 is 10.5. The molecule has 3 rings (SSSR count). The first-order valence-corrected chi connectivity index (χ1v) is 9.22. The van der Waals surface area contributed by atoms with Gasteiger partial charge in [0.15, 0.2) is 0 Å². The molecule has 0 saturated carbocycles. The molecule has 0 aliphatic heterocycles. The standard InChI is InChI=1S/C20H19N3O3S/c1-25-15-7-5-6-14(12-15)16-10-11-20(23-22-16)27-13-19(24)21-17-8-3-4-9-18(17)26-2/h3-12H,13H2,1-2H3,(H,21,24). The molecule has 0 aliphatic carbocycles. The fourth-order valence-corrected chi connectivity index (χ4v) is 3.02. The van der Waals surface area contributed by atoms with E-state index in [-0.39, 0.29) is 11.7 Å². The first-order valence-electron chi connectivity index (χ1n) is 8.23. The zero-order chi connectivity index (χ0) is 19.1. The maximum absolute atomic E-state index is 12.2. The molecule has 0 saturated heterocycles. The lowest BCUT2D eigenvalue weighted by atomic mass is 10.1. The number of amides is 1. The summed E-state index contributed by atoms with van der Waals surface area (Å²) in [6.45, 7) is 0. The molecule has 0 bridgehead atoms. The summed E-state index contributed by atoms with van der Waals surface area (Å²) in [7, 11) is 3.19. The van der Waals surface area contributed by atoms with Crippen LogP contribution in [0.5, 0.6) is 11.5 Å². The van der Waals surface area contributed by atoms with Crippen molar-refractivity contribution < 1.29 is 14.3 Å². The number of hydrogen-bond acceptors (Lipinski definition) is 6. The van der Waals surface area contributed by atoms with Gasteiger partial charge in [0.05, 0.1) is 31.4 Å². The number of carbonyl (C=O) groups is 1. The van der Waals surface area contributed by atoms with Crippen molar-refractivity contribution in [3.8, 4) is 22.8 Å². The molecule has 138 valence electrons. The predicted octanol–water partition coefficient (Wildman–Crippen LogP) is 3.89.